The number of para-hydroxylation sites is 1. The van der Waals surface area contributed by atoms with Gasteiger partial charge >= 0.3 is 5.84 Å². The number of hydrogen-bond donors (Lipinski definition) is 1. The van der Waals surface area contributed by atoms with Gasteiger partial charge in [0.2, 0.25) is 0 Å². The molecule has 0 fully saturated rings. The van der Waals surface area contributed by atoms with Gasteiger partial charge in [0.25, 0.3) is 11.5 Å². The van der Waals surface area contributed by atoms with Crippen molar-refractivity contribution in [3.63, 3.8) is 0 Å². The molecule has 0 radical (unpaired) electrons. The van der Waals surface area contributed by atoms with Gasteiger partial charge in [0.1, 0.15) is 11.9 Å². The summed E-state index contributed by atoms with van der Waals surface area (Å²) in [5.74, 6) is -0.439. The highest BCUT2D eigenvalue weighted by Crippen LogP contribution is 2.19. The molecular weight excluding hydrogens is 486 g/mol. The third-order valence-corrected chi connectivity index (χ3v) is 5.19. The van der Waals surface area contributed by atoms with Crippen LogP contribution in [-0.4, -0.2) is 21.6 Å². The molecule has 0 aliphatic heterocycles. The summed E-state index contributed by atoms with van der Waals surface area (Å²) in [6.07, 6.45) is 1.62. The summed E-state index contributed by atoms with van der Waals surface area (Å²) < 4.78 is 2.33. The molecule has 0 amide bonds. The summed E-state index contributed by atoms with van der Waals surface area (Å²) in [5, 5.41) is 19.9. The largest absolute Gasteiger partial charge is 0.421 e. The standard InChI is InChI=1S/C24H16BrN5O3/c25-19-12-8-17(9-13-19)22-7-4-16-29(28-22)24(27-26-20-5-2-1-3-6-20)23(31)18-10-14-21(15-11-18)30(32)33/h1-16H/p+1. The Morgan fingerprint density at radius 1 is 0.939 bits per heavy atom. The summed E-state index contributed by atoms with van der Waals surface area (Å²) >= 11 is 3.42. The van der Waals surface area contributed by atoms with Crippen LogP contribution >= 0.6 is 15.9 Å². The van der Waals surface area contributed by atoms with Crippen LogP contribution in [0.15, 0.2) is 107 Å². The van der Waals surface area contributed by atoms with Gasteiger partial charge in [-0.1, -0.05) is 56.0 Å². The Bertz CT molecular complexity index is 1320. The van der Waals surface area contributed by atoms with E-state index < -0.39 is 10.7 Å². The van der Waals surface area contributed by atoms with E-state index in [1.807, 2.05) is 60.7 Å². The molecule has 4 rings (SSSR count). The zero-order chi connectivity index (χ0) is 23.2. The number of benzene rings is 3. The van der Waals surface area contributed by atoms with Gasteiger partial charge in [-0.15, -0.1) is 0 Å². The molecule has 162 valence electrons. The predicted octanol–water partition coefficient (Wildman–Crippen LogP) is 4.86. The summed E-state index contributed by atoms with van der Waals surface area (Å²) in [4.78, 5) is 23.8. The summed E-state index contributed by atoms with van der Waals surface area (Å²) in [7, 11) is 0. The van der Waals surface area contributed by atoms with E-state index in [0.29, 0.717) is 11.4 Å². The molecule has 3 aromatic carbocycles. The van der Waals surface area contributed by atoms with Crippen molar-refractivity contribution in [2.45, 2.75) is 0 Å². The lowest BCUT2D eigenvalue weighted by Gasteiger charge is -2.04. The van der Waals surface area contributed by atoms with Crippen LogP contribution < -0.4 is 10.1 Å². The van der Waals surface area contributed by atoms with E-state index in [1.54, 1.807) is 12.3 Å². The Hall–Kier alpha value is -4.24. The van der Waals surface area contributed by atoms with E-state index in [-0.39, 0.29) is 17.1 Å². The molecule has 0 spiro atoms. The van der Waals surface area contributed by atoms with E-state index in [4.69, 9.17) is 0 Å². The fourth-order valence-electron chi connectivity index (χ4n) is 2.99. The topological polar surface area (TPSA) is 101 Å². The SMILES string of the molecule is O=C(C(=NNc1ccccc1)[n+]1cccc(-c2ccc(Br)cc2)n1)c1ccc([N+](=O)[O-])cc1. The number of non-ortho nitro benzene ring substituents is 1. The summed E-state index contributed by atoms with van der Waals surface area (Å²) in [6.45, 7) is 0. The molecule has 0 saturated heterocycles. The highest BCUT2D eigenvalue weighted by molar-refractivity contribution is 9.10. The zero-order valence-electron chi connectivity index (χ0n) is 17.1. The maximum atomic E-state index is 13.3. The molecule has 1 N–H and O–H groups in total. The quantitative estimate of drug-likeness (QED) is 0.101. The normalized spacial score (nSPS) is 11.1. The van der Waals surface area contributed by atoms with Gasteiger partial charge in [0.05, 0.1) is 15.7 Å². The van der Waals surface area contributed by atoms with Gasteiger partial charge in [0, 0.05) is 27.7 Å². The Balaban J connectivity index is 1.74. The number of nitro groups is 1. The lowest BCUT2D eigenvalue weighted by atomic mass is 10.1. The lowest BCUT2D eigenvalue weighted by Crippen LogP contribution is -2.51. The number of halogens is 1. The molecule has 0 unspecified atom stereocenters. The smallest absolute Gasteiger partial charge is 0.280 e. The van der Waals surface area contributed by atoms with Gasteiger partial charge in [-0.3, -0.25) is 14.9 Å². The van der Waals surface area contributed by atoms with Crippen molar-refractivity contribution in [1.82, 2.24) is 5.10 Å². The second-order valence-electron chi connectivity index (χ2n) is 6.89. The fraction of sp³-hybridized carbons (Fsp3) is 0. The maximum absolute atomic E-state index is 13.3. The molecule has 9 heteroatoms. The number of Topliss-reactive ketones (excluding diaryl/α,β-unsaturated/α-hetero) is 1. The van der Waals surface area contributed by atoms with Gasteiger partial charge < -0.3 is 0 Å². The average Bonchev–Trinajstić information content (AvgIpc) is 2.85. The number of carbonyl (C=O) groups is 1. The number of aromatic nitrogens is 2. The van der Waals surface area contributed by atoms with E-state index in [2.05, 4.69) is 31.6 Å². The van der Waals surface area contributed by atoms with E-state index in [0.717, 1.165) is 10.0 Å². The third kappa shape index (κ3) is 5.34. The number of nitrogens with one attached hydrogen (secondary N) is 1. The molecule has 4 aromatic rings. The van der Waals surface area contributed by atoms with Crippen molar-refractivity contribution in [2.75, 3.05) is 5.43 Å². The molecule has 1 heterocycles. The van der Waals surface area contributed by atoms with E-state index in [9.17, 15) is 14.9 Å². The highest BCUT2D eigenvalue weighted by atomic mass is 79.9. The Kier molecular flexibility index (Phi) is 6.61. The van der Waals surface area contributed by atoms with Crippen molar-refractivity contribution >= 4 is 38.9 Å². The third-order valence-electron chi connectivity index (χ3n) is 4.66. The number of hydrazone groups is 1. The molecule has 0 saturated carbocycles. The summed E-state index contributed by atoms with van der Waals surface area (Å²) in [6, 6.07) is 25.8. The van der Waals surface area contributed by atoms with Crippen LogP contribution in [0.25, 0.3) is 11.3 Å². The second-order valence-corrected chi connectivity index (χ2v) is 7.81. The van der Waals surface area contributed by atoms with Crippen LogP contribution in [0.4, 0.5) is 11.4 Å². The van der Waals surface area contributed by atoms with Crippen LogP contribution in [0.3, 0.4) is 0 Å². The van der Waals surface area contributed by atoms with Crippen molar-refractivity contribution < 1.29 is 14.4 Å². The maximum Gasteiger partial charge on any atom is 0.421 e. The molecule has 0 aliphatic carbocycles. The minimum atomic E-state index is -0.516. The van der Waals surface area contributed by atoms with Crippen LogP contribution in [0.5, 0.6) is 0 Å². The average molecular weight is 503 g/mol. The number of anilines is 1. The Morgan fingerprint density at radius 2 is 1.64 bits per heavy atom. The Labute approximate surface area is 197 Å². The first-order valence-corrected chi connectivity index (χ1v) is 10.6. The van der Waals surface area contributed by atoms with E-state index in [1.165, 1.54) is 28.9 Å². The van der Waals surface area contributed by atoms with Crippen molar-refractivity contribution in [3.05, 3.63) is 117 Å². The molecule has 0 atom stereocenters. The van der Waals surface area contributed by atoms with E-state index >= 15 is 0 Å². The van der Waals surface area contributed by atoms with Crippen molar-refractivity contribution in [2.24, 2.45) is 5.10 Å². The van der Waals surface area contributed by atoms with Crippen molar-refractivity contribution in [1.29, 1.82) is 0 Å². The summed E-state index contributed by atoms with van der Waals surface area (Å²) in [5.41, 5.74) is 5.23. The van der Waals surface area contributed by atoms with Gasteiger partial charge in [-0.05, 0) is 48.5 Å². The van der Waals surface area contributed by atoms with Crippen LogP contribution in [0, 0.1) is 10.1 Å². The second kappa shape index (κ2) is 9.92. The first kappa shape index (κ1) is 22.0. The number of hydrogen-bond acceptors (Lipinski definition) is 6. The number of rotatable bonds is 6. The van der Waals surface area contributed by atoms with Crippen LogP contribution in [-0.2, 0) is 0 Å². The predicted molar refractivity (Wildman–Crippen MR) is 128 cm³/mol. The van der Waals surface area contributed by atoms with Gasteiger partial charge in [0.15, 0.2) is 0 Å². The number of nitro benzene ring substituents is 1. The van der Waals surface area contributed by atoms with Crippen LogP contribution in [0.2, 0.25) is 0 Å². The highest BCUT2D eigenvalue weighted by Gasteiger charge is 2.28. The number of ketones is 1. The number of carbonyl (C=O) groups excluding carboxylic acids is 1. The monoisotopic (exact) mass is 502 g/mol. The van der Waals surface area contributed by atoms with Gasteiger partial charge in [-0.2, -0.15) is 5.43 Å². The molecule has 0 bridgehead atoms. The minimum absolute atomic E-state index is 0.00617. The van der Waals surface area contributed by atoms with Crippen molar-refractivity contribution in [3.8, 4) is 11.3 Å². The number of nitrogens with zero attached hydrogens (tertiary/aromatic N) is 4. The first-order valence-electron chi connectivity index (χ1n) is 9.84. The molecule has 8 nitrogen and oxygen atoms in total. The Morgan fingerprint density at radius 3 is 2.30 bits per heavy atom. The molecular formula is C24H17BrN5O3+. The van der Waals surface area contributed by atoms with Gasteiger partial charge in [-0.25, -0.2) is 0 Å². The first-order chi connectivity index (χ1) is 16.0. The van der Waals surface area contributed by atoms with Crippen LogP contribution in [0.1, 0.15) is 10.4 Å². The molecule has 1 aromatic heterocycles. The minimum Gasteiger partial charge on any atom is -0.280 e. The lowest BCUT2D eigenvalue weighted by molar-refractivity contribution is -0.618. The zero-order valence-corrected chi connectivity index (χ0v) is 18.7. The molecule has 33 heavy (non-hydrogen) atoms. The fourth-order valence-corrected chi connectivity index (χ4v) is 3.26. The molecule has 0 aliphatic rings.